The molecular formula is C11H8BrClF2N2O. The van der Waals surface area contributed by atoms with Crippen LogP contribution in [-0.4, -0.2) is 16.9 Å². The van der Waals surface area contributed by atoms with Crippen molar-refractivity contribution < 1.29 is 13.5 Å². The molecule has 0 N–H and O–H groups in total. The van der Waals surface area contributed by atoms with Crippen LogP contribution in [0.25, 0.3) is 5.69 Å². The Bertz CT molecular complexity index is 574. The third kappa shape index (κ3) is 2.49. The van der Waals surface area contributed by atoms with Crippen LogP contribution in [0.4, 0.5) is 8.78 Å². The number of hydrogen-bond acceptors (Lipinski definition) is 2. The van der Waals surface area contributed by atoms with E-state index in [-0.39, 0.29) is 5.56 Å². The minimum Gasteiger partial charge on any atom is -0.494 e. The molecule has 0 aliphatic rings. The minimum atomic E-state index is -2.56. The van der Waals surface area contributed by atoms with Crippen LogP contribution in [0.15, 0.2) is 29.0 Å². The molecule has 0 spiro atoms. The van der Waals surface area contributed by atoms with E-state index in [2.05, 4.69) is 21.0 Å². The average Bonchev–Trinajstić information content (AvgIpc) is 2.77. The van der Waals surface area contributed by atoms with Crippen LogP contribution in [0.2, 0.25) is 5.02 Å². The summed E-state index contributed by atoms with van der Waals surface area (Å²) in [5.41, 5.74) is 0.368. The zero-order chi connectivity index (χ0) is 13.3. The van der Waals surface area contributed by atoms with E-state index >= 15 is 0 Å². The molecule has 0 amide bonds. The van der Waals surface area contributed by atoms with E-state index in [9.17, 15) is 8.78 Å². The highest BCUT2D eigenvalue weighted by Crippen LogP contribution is 2.34. The van der Waals surface area contributed by atoms with E-state index in [4.69, 9.17) is 16.3 Å². The normalized spacial score (nSPS) is 11.0. The fourth-order valence-electron chi connectivity index (χ4n) is 1.49. The van der Waals surface area contributed by atoms with Gasteiger partial charge in [0.2, 0.25) is 0 Å². The van der Waals surface area contributed by atoms with Gasteiger partial charge in [-0.1, -0.05) is 11.6 Å². The highest BCUT2D eigenvalue weighted by molar-refractivity contribution is 9.10. The number of methoxy groups -OCH3 is 1. The summed E-state index contributed by atoms with van der Waals surface area (Å²) in [6, 6.07) is 3.23. The summed E-state index contributed by atoms with van der Waals surface area (Å²) in [5, 5.41) is 4.37. The smallest absolute Gasteiger partial charge is 0.266 e. The van der Waals surface area contributed by atoms with E-state index in [1.54, 1.807) is 12.1 Å². The van der Waals surface area contributed by atoms with Gasteiger partial charge in [0.15, 0.2) is 0 Å². The summed E-state index contributed by atoms with van der Waals surface area (Å²) in [7, 11) is 1.47. The number of hydrogen-bond donors (Lipinski definition) is 0. The van der Waals surface area contributed by atoms with Crippen LogP contribution in [0, 0.1) is 0 Å². The summed E-state index contributed by atoms with van der Waals surface area (Å²) < 4.78 is 32.1. The second-order valence-corrected chi connectivity index (χ2v) is 4.75. The van der Waals surface area contributed by atoms with Gasteiger partial charge in [0.1, 0.15) is 11.4 Å². The molecule has 0 saturated carbocycles. The van der Waals surface area contributed by atoms with Crippen LogP contribution in [0.5, 0.6) is 5.75 Å². The molecule has 0 atom stereocenters. The Morgan fingerprint density at radius 2 is 2.17 bits per heavy atom. The zero-order valence-electron chi connectivity index (χ0n) is 9.20. The summed E-state index contributed by atoms with van der Waals surface area (Å²) in [6.45, 7) is 0. The maximum atomic E-state index is 12.5. The molecular weight excluding hydrogens is 329 g/mol. The molecule has 0 fully saturated rings. The topological polar surface area (TPSA) is 27.1 Å². The predicted octanol–water partition coefficient (Wildman–Crippen LogP) is 4.23. The summed E-state index contributed by atoms with van der Waals surface area (Å²) in [4.78, 5) is 0. The van der Waals surface area contributed by atoms with Gasteiger partial charge >= 0.3 is 0 Å². The lowest BCUT2D eigenvalue weighted by Crippen LogP contribution is -1.99. The third-order valence-corrected chi connectivity index (χ3v) is 3.12. The lowest BCUT2D eigenvalue weighted by molar-refractivity contribution is 0.151. The molecule has 18 heavy (non-hydrogen) atoms. The van der Waals surface area contributed by atoms with Crippen molar-refractivity contribution in [1.29, 1.82) is 0 Å². The van der Waals surface area contributed by atoms with Gasteiger partial charge in [0, 0.05) is 21.8 Å². The van der Waals surface area contributed by atoms with Gasteiger partial charge in [0.25, 0.3) is 6.43 Å². The van der Waals surface area contributed by atoms with Crippen molar-refractivity contribution >= 4 is 27.5 Å². The molecule has 2 aromatic rings. The number of aromatic nitrogens is 2. The molecule has 96 valence electrons. The molecule has 7 heteroatoms. The SMILES string of the molecule is COc1cc(Cl)cc(Br)c1-n1cc(C(F)F)cn1. The number of benzene rings is 1. The van der Waals surface area contributed by atoms with Crippen molar-refractivity contribution in [1.82, 2.24) is 9.78 Å². The number of alkyl halides is 2. The van der Waals surface area contributed by atoms with Crippen molar-refractivity contribution in [2.45, 2.75) is 6.43 Å². The first-order valence-corrected chi connectivity index (χ1v) is 6.06. The molecule has 0 aliphatic carbocycles. The standard InChI is InChI=1S/C11H8BrClF2N2O/c1-18-9-3-7(13)2-8(12)10(9)17-5-6(4-16-17)11(14)15/h2-5,11H,1H3. The first-order chi connectivity index (χ1) is 8.52. The molecule has 0 radical (unpaired) electrons. The van der Waals surface area contributed by atoms with Gasteiger partial charge < -0.3 is 4.74 Å². The summed E-state index contributed by atoms with van der Waals surface area (Å²) in [6.07, 6.45) is -0.192. The van der Waals surface area contributed by atoms with Crippen molar-refractivity contribution in [3.8, 4) is 11.4 Å². The lowest BCUT2D eigenvalue weighted by Gasteiger charge is -2.11. The highest BCUT2D eigenvalue weighted by atomic mass is 79.9. The van der Waals surface area contributed by atoms with Crippen LogP contribution in [-0.2, 0) is 0 Å². The van der Waals surface area contributed by atoms with Gasteiger partial charge in [-0.05, 0) is 22.0 Å². The van der Waals surface area contributed by atoms with Crippen LogP contribution in [0.1, 0.15) is 12.0 Å². The van der Waals surface area contributed by atoms with E-state index in [0.29, 0.717) is 20.9 Å². The summed E-state index contributed by atoms with van der Waals surface area (Å²) >= 11 is 9.19. The minimum absolute atomic E-state index is 0.154. The van der Waals surface area contributed by atoms with Crippen molar-refractivity contribution in [3.63, 3.8) is 0 Å². The summed E-state index contributed by atoms with van der Waals surface area (Å²) in [5.74, 6) is 0.443. The van der Waals surface area contributed by atoms with E-state index in [1.807, 2.05) is 0 Å². The monoisotopic (exact) mass is 336 g/mol. The number of halogens is 4. The molecule has 0 aliphatic heterocycles. The second-order valence-electron chi connectivity index (χ2n) is 3.46. The Balaban J connectivity index is 2.55. The third-order valence-electron chi connectivity index (χ3n) is 2.30. The molecule has 1 heterocycles. The van der Waals surface area contributed by atoms with Crippen LogP contribution >= 0.6 is 27.5 Å². The molecule has 0 saturated heterocycles. The van der Waals surface area contributed by atoms with Gasteiger partial charge in [-0.25, -0.2) is 13.5 Å². The highest BCUT2D eigenvalue weighted by Gasteiger charge is 2.15. The average molecular weight is 338 g/mol. The number of rotatable bonds is 3. The molecule has 2 rings (SSSR count). The number of nitrogens with zero attached hydrogens (tertiary/aromatic N) is 2. The second kappa shape index (κ2) is 5.24. The maximum Gasteiger partial charge on any atom is 0.266 e. The molecule has 1 aromatic heterocycles. The van der Waals surface area contributed by atoms with Crippen molar-refractivity contribution in [2.75, 3.05) is 7.11 Å². The Morgan fingerprint density at radius 1 is 1.44 bits per heavy atom. The predicted molar refractivity (Wildman–Crippen MR) is 67.8 cm³/mol. The maximum absolute atomic E-state index is 12.5. The fourth-order valence-corrected chi connectivity index (χ4v) is 2.46. The molecule has 3 nitrogen and oxygen atoms in total. The molecule has 1 aromatic carbocycles. The first-order valence-electron chi connectivity index (χ1n) is 4.89. The van der Waals surface area contributed by atoms with Gasteiger partial charge in [-0.2, -0.15) is 5.10 Å². The Kier molecular flexibility index (Phi) is 3.87. The van der Waals surface area contributed by atoms with Crippen molar-refractivity contribution in [3.05, 3.63) is 39.6 Å². The molecule has 0 unspecified atom stereocenters. The van der Waals surface area contributed by atoms with Gasteiger partial charge in [-0.3, -0.25) is 0 Å². The quantitative estimate of drug-likeness (QED) is 0.838. The van der Waals surface area contributed by atoms with Crippen LogP contribution in [0.3, 0.4) is 0 Å². The van der Waals surface area contributed by atoms with Crippen molar-refractivity contribution in [2.24, 2.45) is 0 Å². The van der Waals surface area contributed by atoms with Crippen LogP contribution < -0.4 is 4.74 Å². The van der Waals surface area contributed by atoms with E-state index in [1.165, 1.54) is 18.0 Å². The van der Waals surface area contributed by atoms with E-state index in [0.717, 1.165) is 6.20 Å². The lowest BCUT2D eigenvalue weighted by atomic mass is 10.3. The zero-order valence-corrected chi connectivity index (χ0v) is 11.5. The molecule has 0 bridgehead atoms. The van der Waals surface area contributed by atoms with Gasteiger partial charge in [-0.15, -0.1) is 0 Å². The fraction of sp³-hybridized carbons (Fsp3) is 0.182. The first kappa shape index (κ1) is 13.3. The Morgan fingerprint density at radius 3 is 2.72 bits per heavy atom. The Hall–Kier alpha value is -1.14. The Labute approximate surface area is 115 Å². The van der Waals surface area contributed by atoms with Gasteiger partial charge in [0.05, 0.1) is 18.9 Å². The number of ether oxygens (including phenoxy) is 1. The largest absolute Gasteiger partial charge is 0.494 e. The van der Waals surface area contributed by atoms with E-state index < -0.39 is 6.43 Å².